The number of aliphatic hydroxyl groups is 2. The topological polar surface area (TPSA) is 63.9 Å². The van der Waals surface area contributed by atoms with Gasteiger partial charge in [-0.25, -0.2) is 0 Å². The molecule has 1 aliphatic carbocycles. The minimum absolute atomic E-state index is 0.0338. The number of ether oxygens (including phenoxy) is 2. The summed E-state index contributed by atoms with van der Waals surface area (Å²) in [7, 11) is 0. The normalized spacial score (nSPS) is 12.9. The fourth-order valence-corrected chi connectivity index (χ4v) is 9.68. The fraction of sp³-hybridized carbons (Fsp3) is 0.0909. The molecule has 10 aromatic rings. The Labute approximate surface area is 347 Å². The summed E-state index contributed by atoms with van der Waals surface area (Å²) in [5.74, 6) is 1.47. The zero-order valence-corrected chi connectivity index (χ0v) is 32.9. The van der Waals surface area contributed by atoms with Gasteiger partial charge in [-0.15, -0.1) is 0 Å². The molecule has 60 heavy (non-hydrogen) atoms. The van der Waals surface area contributed by atoms with Gasteiger partial charge in [0.1, 0.15) is 24.7 Å². The third-order valence-electron chi connectivity index (χ3n) is 12.3. The smallest absolute Gasteiger partial charge is 0.120 e. The van der Waals surface area contributed by atoms with E-state index < -0.39 is 5.41 Å². The average molecular weight is 780 g/mol. The molecule has 0 aliphatic heterocycles. The van der Waals surface area contributed by atoms with Crippen molar-refractivity contribution < 1.29 is 19.7 Å². The molecule has 11 rings (SSSR count). The van der Waals surface area contributed by atoms with E-state index in [2.05, 4.69) is 168 Å². The Morgan fingerprint density at radius 3 is 1.67 bits per heavy atom. The molecule has 0 unspecified atom stereocenters. The van der Waals surface area contributed by atoms with E-state index in [1.54, 1.807) is 0 Å². The van der Waals surface area contributed by atoms with Crippen LogP contribution in [0.15, 0.2) is 188 Å². The van der Waals surface area contributed by atoms with Crippen molar-refractivity contribution in [3.05, 3.63) is 210 Å². The lowest BCUT2D eigenvalue weighted by molar-refractivity contribution is 0.201. The summed E-state index contributed by atoms with van der Waals surface area (Å²) in [6.45, 7) is 0.436. The third kappa shape index (κ3) is 5.70. The second-order valence-corrected chi connectivity index (χ2v) is 15.6. The molecule has 0 fully saturated rings. The monoisotopic (exact) mass is 779 g/mol. The van der Waals surface area contributed by atoms with E-state index in [1.807, 2.05) is 24.3 Å². The molecule has 5 nitrogen and oxygen atoms in total. The first-order chi connectivity index (χ1) is 29.6. The number of nitrogens with zero attached hydrogens (tertiary/aromatic N) is 1. The molecule has 0 radical (unpaired) electrons. The summed E-state index contributed by atoms with van der Waals surface area (Å²) in [6, 6.07) is 68.0. The Morgan fingerprint density at radius 2 is 0.967 bits per heavy atom. The number of para-hydroxylation sites is 2. The van der Waals surface area contributed by atoms with Crippen molar-refractivity contribution in [3.63, 3.8) is 0 Å². The van der Waals surface area contributed by atoms with Crippen molar-refractivity contribution in [2.75, 3.05) is 26.4 Å². The summed E-state index contributed by atoms with van der Waals surface area (Å²) < 4.78 is 14.0. The number of aliphatic hydroxyl groups excluding tert-OH is 2. The Morgan fingerprint density at radius 1 is 0.417 bits per heavy atom. The quantitative estimate of drug-likeness (QED) is 0.145. The second-order valence-electron chi connectivity index (χ2n) is 15.6. The molecule has 1 aromatic heterocycles. The minimum Gasteiger partial charge on any atom is -0.491 e. The summed E-state index contributed by atoms with van der Waals surface area (Å²) in [6.07, 6.45) is 0. The predicted molar refractivity (Wildman–Crippen MR) is 244 cm³/mol. The average Bonchev–Trinajstić information content (AvgIpc) is 3.80. The number of hydrogen-bond donors (Lipinski definition) is 2. The zero-order chi connectivity index (χ0) is 40.2. The van der Waals surface area contributed by atoms with Crippen LogP contribution >= 0.6 is 0 Å². The lowest BCUT2D eigenvalue weighted by Gasteiger charge is -2.34. The second kappa shape index (κ2) is 14.6. The van der Waals surface area contributed by atoms with Crippen LogP contribution in [0, 0.1) is 0 Å². The van der Waals surface area contributed by atoms with Crippen LogP contribution in [-0.2, 0) is 5.41 Å². The first-order valence-electron chi connectivity index (χ1n) is 20.5. The van der Waals surface area contributed by atoms with Gasteiger partial charge in [-0.1, -0.05) is 115 Å². The fourth-order valence-electron chi connectivity index (χ4n) is 9.68. The number of fused-ring (bicyclic) bond motifs is 8. The van der Waals surface area contributed by atoms with Gasteiger partial charge in [0.2, 0.25) is 0 Å². The van der Waals surface area contributed by atoms with E-state index in [1.165, 1.54) is 55.2 Å². The lowest BCUT2D eigenvalue weighted by atomic mass is 9.67. The van der Waals surface area contributed by atoms with Gasteiger partial charge in [0, 0.05) is 16.5 Å². The van der Waals surface area contributed by atoms with E-state index in [4.69, 9.17) is 9.47 Å². The van der Waals surface area contributed by atoms with Crippen molar-refractivity contribution in [2.24, 2.45) is 0 Å². The number of benzene rings is 9. The van der Waals surface area contributed by atoms with Crippen molar-refractivity contribution in [2.45, 2.75) is 5.41 Å². The molecule has 1 aliphatic rings. The van der Waals surface area contributed by atoms with Crippen LogP contribution in [0.2, 0.25) is 0 Å². The number of aromatic nitrogens is 1. The molecular weight excluding hydrogens is 739 g/mol. The molecule has 1 heterocycles. The summed E-state index contributed by atoms with van der Waals surface area (Å²) in [4.78, 5) is 0. The van der Waals surface area contributed by atoms with Crippen molar-refractivity contribution in [1.29, 1.82) is 0 Å². The van der Waals surface area contributed by atoms with Crippen LogP contribution in [0.1, 0.15) is 22.3 Å². The van der Waals surface area contributed by atoms with Gasteiger partial charge >= 0.3 is 0 Å². The van der Waals surface area contributed by atoms with Crippen LogP contribution < -0.4 is 9.47 Å². The van der Waals surface area contributed by atoms with Gasteiger partial charge in [-0.05, 0) is 139 Å². The van der Waals surface area contributed by atoms with Gasteiger partial charge in [0.15, 0.2) is 0 Å². The van der Waals surface area contributed by atoms with Crippen molar-refractivity contribution >= 4 is 43.4 Å². The molecule has 2 N–H and O–H groups in total. The SMILES string of the molecule is OCCOc1ccc2cc(C3(c4ccc5cc(OCCO)ccc5c4)c4ccccc4-c4ccc(-c5ccc6c(c5)c5ccccc5n6-c5ccccc5)cc43)ccc2c1. The maximum atomic E-state index is 9.39. The predicted octanol–water partition coefficient (Wildman–Crippen LogP) is 11.9. The zero-order valence-electron chi connectivity index (χ0n) is 32.9. The van der Waals surface area contributed by atoms with Crippen molar-refractivity contribution in [1.82, 2.24) is 4.57 Å². The Hall–Kier alpha value is -7.18. The Kier molecular flexibility index (Phi) is 8.73. The van der Waals surface area contributed by atoms with E-state index in [0.717, 1.165) is 49.9 Å². The molecular formula is C55H41NO4. The highest BCUT2D eigenvalue weighted by Gasteiger charge is 2.46. The number of hydrogen-bond acceptors (Lipinski definition) is 4. The van der Waals surface area contributed by atoms with Gasteiger partial charge in [-0.2, -0.15) is 0 Å². The first kappa shape index (κ1) is 35.9. The third-order valence-corrected chi connectivity index (χ3v) is 12.3. The number of rotatable bonds is 10. The van der Waals surface area contributed by atoms with Crippen LogP contribution in [0.3, 0.4) is 0 Å². The summed E-state index contributed by atoms with van der Waals surface area (Å²) in [5, 5.41) is 25.6. The van der Waals surface area contributed by atoms with Gasteiger partial charge in [0.25, 0.3) is 0 Å². The van der Waals surface area contributed by atoms with Crippen LogP contribution in [-0.4, -0.2) is 41.2 Å². The highest BCUT2D eigenvalue weighted by molar-refractivity contribution is 6.10. The minimum atomic E-state index is -0.657. The molecule has 0 atom stereocenters. The summed E-state index contributed by atoms with van der Waals surface area (Å²) in [5.41, 5.74) is 12.4. The molecule has 0 spiro atoms. The summed E-state index contributed by atoms with van der Waals surface area (Å²) >= 11 is 0. The van der Waals surface area contributed by atoms with E-state index >= 15 is 0 Å². The molecule has 5 heteroatoms. The van der Waals surface area contributed by atoms with Crippen LogP contribution in [0.4, 0.5) is 0 Å². The maximum Gasteiger partial charge on any atom is 0.120 e. The molecule has 0 saturated heterocycles. The molecule has 0 saturated carbocycles. The molecule has 290 valence electrons. The van der Waals surface area contributed by atoms with E-state index in [9.17, 15) is 10.2 Å². The lowest BCUT2D eigenvalue weighted by Crippen LogP contribution is -2.28. The van der Waals surface area contributed by atoms with Gasteiger partial charge in [-0.3, -0.25) is 0 Å². The standard InChI is InChI=1S/C55H41NO4/c57-26-28-59-45-22-16-36-30-42(20-14-38(36)32-45)55(43-21-15-39-33-46(60-29-27-58)23-17-37(39)31-43)51-12-6-4-10-47(51)48-24-18-41(35-52(48)55)40-19-25-54-50(34-40)49-11-5-7-13-53(49)56(54)44-8-2-1-3-9-44/h1-25,30-35,57-58H,26-29H2. The maximum absolute atomic E-state index is 9.39. The van der Waals surface area contributed by atoms with E-state index in [-0.39, 0.29) is 26.4 Å². The largest absolute Gasteiger partial charge is 0.491 e. The Balaban J connectivity index is 1.14. The van der Waals surface area contributed by atoms with Crippen LogP contribution in [0.5, 0.6) is 11.5 Å². The van der Waals surface area contributed by atoms with Crippen LogP contribution in [0.25, 0.3) is 71.3 Å². The van der Waals surface area contributed by atoms with Crippen molar-refractivity contribution in [3.8, 4) is 39.4 Å². The molecule has 0 bridgehead atoms. The highest BCUT2D eigenvalue weighted by Crippen LogP contribution is 2.57. The molecule has 0 amide bonds. The highest BCUT2D eigenvalue weighted by atomic mass is 16.5. The van der Waals surface area contributed by atoms with E-state index in [0.29, 0.717) is 0 Å². The first-order valence-corrected chi connectivity index (χ1v) is 20.5. The van der Waals surface area contributed by atoms with Gasteiger partial charge in [0.05, 0.1) is 29.7 Å². The molecule has 9 aromatic carbocycles. The van der Waals surface area contributed by atoms with Gasteiger partial charge < -0.3 is 24.3 Å². The Bertz CT molecular complexity index is 3160.